The van der Waals surface area contributed by atoms with Crippen LogP contribution in [0.5, 0.6) is 0 Å². The van der Waals surface area contributed by atoms with Gasteiger partial charge in [-0.15, -0.1) is 0 Å². The zero-order valence-electron chi connectivity index (χ0n) is 9.58. The van der Waals surface area contributed by atoms with Crippen LogP contribution in [-0.4, -0.2) is 23.7 Å². The molecular weight excluding hydrogens is 204 g/mol. The topological polar surface area (TPSA) is 86.2 Å². The molecule has 0 unspecified atom stereocenters. The van der Waals surface area contributed by atoms with E-state index in [2.05, 4.69) is 13.2 Å². The molecule has 0 bridgehead atoms. The van der Waals surface area contributed by atoms with E-state index in [1.54, 1.807) is 0 Å². The maximum absolute atomic E-state index is 11.6. The molecule has 0 aromatic rings. The normalized spacial score (nSPS) is 10.9. The Morgan fingerprint density at radius 2 is 1.56 bits per heavy atom. The summed E-state index contributed by atoms with van der Waals surface area (Å²) in [5, 5.41) is 0. The Hall–Kier alpha value is -1.26. The molecule has 4 nitrogen and oxygen atoms in total. The number of rotatable bonds is 9. The molecule has 0 aliphatic carbocycles. The molecule has 90 valence electrons. The molecule has 0 rings (SSSR count). The minimum atomic E-state index is -1.49. The molecule has 0 atom stereocenters. The second-order valence-corrected chi connectivity index (χ2v) is 3.71. The molecule has 0 amide bonds. The molecular formula is C12H20N2O2. The second kappa shape index (κ2) is 7.09. The number of ketones is 2. The van der Waals surface area contributed by atoms with Gasteiger partial charge in [-0.2, -0.15) is 0 Å². The quantitative estimate of drug-likeness (QED) is 0.343. The van der Waals surface area contributed by atoms with E-state index in [-0.39, 0.29) is 0 Å². The smallest absolute Gasteiger partial charge is 0.182 e. The van der Waals surface area contributed by atoms with E-state index in [0.717, 1.165) is 25.0 Å². The first kappa shape index (κ1) is 14.7. The lowest BCUT2D eigenvalue weighted by atomic mass is 9.84. The first-order valence-electron chi connectivity index (χ1n) is 5.35. The molecule has 16 heavy (non-hydrogen) atoms. The molecule has 4 heteroatoms. The van der Waals surface area contributed by atoms with Gasteiger partial charge in [-0.05, 0) is 31.5 Å². The Morgan fingerprint density at radius 1 is 1.06 bits per heavy atom. The molecule has 0 aromatic heterocycles. The van der Waals surface area contributed by atoms with E-state index in [9.17, 15) is 9.59 Å². The highest BCUT2D eigenvalue weighted by Crippen LogP contribution is 2.16. The second-order valence-electron chi connectivity index (χ2n) is 3.71. The largest absolute Gasteiger partial charge is 0.330 e. The Morgan fingerprint density at radius 3 is 1.94 bits per heavy atom. The maximum atomic E-state index is 11.6. The molecule has 0 spiro atoms. The highest BCUT2D eigenvalue weighted by molar-refractivity contribution is 6.18. The van der Waals surface area contributed by atoms with Crippen molar-refractivity contribution < 1.29 is 9.59 Å². The zero-order valence-corrected chi connectivity index (χ0v) is 9.58. The molecule has 0 heterocycles. The first-order chi connectivity index (χ1) is 7.52. The van der Waals surface area contributed by atoms with Gasteiger partial charge in [0.2, 0.25) is 0 Å². The number of hydrogen-bond donors (Lipinski definition) is 2. The van der Waals surface area contributed by atoms with Crippen molar-refractivity contribution in [2.45, 2.75) is 31.2 Å². The fourth-order valence-electron chi connectivity index (χ4n) is 1.46. The van der Waals surface area contributed by atoms with Crippen molar-refractivity contribution in [1.82, 2.24) is 0 Å². The fraction of sp³-hybridized carbons (Fsp3) is 0.500. The first-order valence-corrected chi connectivity index (χ1v) is 5.35. The average molecular weight is 224 g/mol. The van der Waals surface area contributed by atoms with Crippen molar-refractivity contribution in [2.75, 3.05) is 6.54 Å². The molecule has 0 aromatic carbocycles. The number of nitrogens with two attached hydrogens (primary N) is 2. The van der Waals surface area contributed by atoms with E-state index >= 15 is 0 Å². The van der Waals surface area contributed by atoms with Gasteiger partial charge in [0.1, 0.15) is 5.54 Å². The summed E-state index contributed by atoms with van der Waals surface area (Å²) in [6.07, 6.45) is 4.88. The van der Waals surface area contributed by atoms with Crippen molar-refractivity contribution in [3.63, 3.8) is 0 Å². The number of unbranched alkanes of at least 4 members (excludes halogenated alkanes) is 2. The molecule has 0 aliphatic heterocycles. The van der Waals surface area contributed by atoms with Crippen molar-refractivity contribution in [2.24, 2.45) is 11.5 Å². The van der Waals surface area contributed by atoms with Gasteiger partial charge in [0.15, 0.2) is 11.6 Å². The van der Waals surface area contributed by atoms with Crippen LogP contribution in [0.15, 0.2) is 25.3 Å². The van der Waals surface area contributed by atoms with E-state index in [1.165, 1.54) is 0 Å². The minimum absolute atomic E-state index is 0.308. The molecule has 0 fully saturated rings. The lowest BCUT2D eigenvalue weighted by molar-refractivity contribution is -0.129. The Balaban J connectivity index is 4.55. The van der Waals surface area contributed by atoms with Gasteiger partial charge in [-0.1, -0.05) is 26.0 Å². The van der Waals surface area contributed by atoms with Crippen molar-refractivity contribution in [1.29, 1.82) is 0 Å². The van der Waals surface area contributed by atoms with Crippen LogP contribution in [0.1, 0.15) is 25.7 Å². The van der Waals surface area contributed by atoms with Crippen molar-refractivity contribution in [3.8, 4) is 0 Å². The SMILES string of the molecule is C=CC(=O)C(N)(CCCCCN)C(=O)C=C. The number of hydrogen-bond acceptors (Lipinski definition) is 4. The third-order valence-electron chi connectivity index (χ3n) is 2.53. The molecule has 0 aliphatic rings. The average Bonchev–Trinajstić information content (AvgIpc) is 2.32. The van der Waals surface area contributed by atoms with Crippen LogP contribution in [0.4, 0.5) is 0 Å². The van der Waals surface area contributed by atoms with Crippen molar-refractivity contribution >= 4 is 11.6 Å². The van der Waals surface area contributed by atoms with Crippen LogP contribution in [0.25, 0.3) is 0 Å². The fourth-order valence-corrected chi connectivity index (χ4v) is 1.46. The van der Waals surface area contributed by atoms with Crippen LogP contribution < -0.4 is 11.5 Å². The molecule has 0 saturated heterocycles. The standard InChI is InChI=1S/C12H20N2O2/c1-3-10(15)12(14,11(16)4-2)8-6-5-7-9-13/h3-4H,1-2,5-9,13-14H2. The zero-order chi connectivity index (χ0) is 12.6. The van der Waals surface area contributed by atoms with Gasteiger partial charge in [0.25, 0.3) is 0 Å². The summed E-state index contributed by atoms with van der Waals surface area (Å²) in [7, 11) is 0. The van der Waals surface area contributed by atoms with Gasteiger partial charge in [-0.25, -0.2) is 0 Å². The third kappa shape index (κ3) is 3.72. The van der Waals surface area contributed by atoms with E-state index < -0.39 is 17.1 Å². The van der Waals surface area contributed by atoms with Crippen LogP contribution in [0, 0.1) is 0 Å². The monoisotopic (exact) mass is 224 g/mol. The third-order valence-corrected chi connectivity index (χ3v) is 2.53. The lowest BCUT2D eigenvalue weighted by Gasteiger charge is -2.23. The summed E-state index contributed by atoms with van der Waals surface area (Å²) >= 11 is 0. The Kier molecular flexibility index (Phi) is 6.53. The van der Waals surface area contributed by atoms with Gasteiger partial charge >= 0.3 is 0 Å². The lowest BCUT2D eigenvalue weighted by Crippen LogP contribution is -2.53. The summed E-state index contributed by atoms with van der Waals surface area (Å²) in [5.74, 6) is -0.907. The Labute approximate surface area is 96.4 Å². The minimum Gasteiger partial charge on any atom is -0.330 e. The van der Waals surface area contributed by atoms with Gasteiger partial charge in [-0.3, -0.25) is 9.59 Å². The summed E-state index contributed by atoms with van der Waals surface area (Å²) in [4.78, 5) is 23.1. The summed E-state index contributed by atoms with van der Waals surface area (Å²) in [6.45, 7) is 7.30. The summed E-state index contributed by atoms with van der Waals surface area (Å²) in [5.41, 5.74) is 9.68. The van der Waals surface area contributed by atoms with Crippen LogP contribution >= 0.6 is 0 Å². The maximum Gasteiger partial charge on any atom is 0.182 e. The van der Waals surface area contributed by atoms with Crippen molar-refractivity contribution in [3.05, 3.63) is 25.3 Å². The van der Waals surface area contributed by atoms with Gasteiger partial charge < -0.3 is 11.5 Å². The van der Waals surface area contributed by atoms with E-state index in [1.807, 2.05) is 0 Å². The molecule has 0 saturated carbocycles. The predicted octanol–water partition coefficient (Wildman–Crippen LogP) is 0.713. The number of carbonyl (C=O) groups is 2. The van der Waals surface area contributed by atoms with Gasteiger partial charge in [0.05, 0.1) is 0 Å². The van der Waals surface area contributed by atoms with E-state index in [0.29, 0.717) is 19.4 Å². The summed E-state index contributed by atoms with van der Waals surface area (Å²) in [6, 6.07) is 0. The highest BCUT2D eigenvalue weighted by Gasteiger charge is 2.37. The van der Waals surface area contributed by atoms with Crippen LogP contribution in [-0.2, 0) is 9.59 Å². The van der Waals surface area contributed by atoms with E-state index in [4.69, 9.17) is 11.5 Å². The van der Waals surface area contributed by atoms with Crippen LogP contribution in [0.3, 0.4) is 0 Å². The molecule has 4 N–H and O–H groups in total. The highest BCUT2D eigenvalue weighted by atomic mass is 16.2. The van der Waals surface area contributed by atoms with Crippen LogP contribution in [0.2, 0.25) is 0 Å². The van der Waals surface area contributed by atoms with Gasteiger partial charge in [0, 0.05) is 0 Å². The summed E-state index contributed by atoms with van der Waals surface area (Å²) < 4.78 is 0. The predicted molar refractivity (Wildman–Crippen MR) is 64.8 cm³/mol. The number of carbonyl (C=O) groups excluding carboxylic acids is 2. The Bertz CT molecular complexity index is 265. The molecule has 0 radical (unpaired) electrons.